The Hall–Kier alpha value is -1.07. The van der Waals surface area contributed by atoms with Crippen LogP contribution < -0.4 is 5.73 Å². The second-order valence-electron chi connectivity index (χ2n) is 4.47. The van der Waals surface area contributed by atoms with Crippen molar-refractivity contribution in [2.24, 2.45) is 0 Å². The fraction of sp³-hybridized carbons (Fsp3) is 0.538. The zero-order chi connectivity index (χ0) is 14.1. The van der Waals surface area contributed by atoms with Crippen molar-refractivity contribution in [3.8, 4) is 0 Å². The molecular weight excluding hydrogens is 248 g/mol. The molecule has 18 heavy (non-hydrogen) atoms. The number of hydrogen-bond donors (Lipinski definition) is 1. The van der Waals surface area contributed by atoms with E-state index in [0.29, 0.717) is 29.2 Å². The lowest BCUT2D eigenvalue weighted by Gasteiger charge is -2.22. The van der Waals surface area contributed by atoms with Crippen molar-refractivity contribution in [2.45, 2.75) is 39.5 Å². The number of sulfonamides is 1. The van der Waals surface area contributed by atoms with Gasteiger partial charge in [-0.25, -0.2) is 8.42 Å². The molecule has 0 unspecified atom stereocenters. The van der Waals surface area contributed by atoms with Crippen LogP contribution in [0.1, 0.15) is 30.5 Å². The Bertz CT molecular complexity index is 547. The van der Waals surface area contributed by atoms with E-state index in [9.17, 15) is 8.42 Å². The molecule has 0 aromatic heterocycles. The molecule has 0 atom stereocenters. The van der Waals surface area contributed by atoms with E-state index < -0.39 is 10.0 Å². The molecule has 0 fully saturated rings. The smallest absolute Gasteiger partial charge is 0.243 e. The summed E-state index contributed by atoms with van der Waals surface area (Å²) < 4.78 is 26.6. The van der Waals surface area contributed by atoms with Gasteiger partial charge in [0.05, 0.1) is 4.90 Å². The summed E-state index contributed by atoms with van der Waals surface area (Å²) in [7, 11) is -3.45. The summed E-state index contributed by atoms with van der Waals surface area (Å²) in [6.07, 6.45) is 0. The molecule has 0 aliphatic rings. The van der Waals surface area contributed by atoms with Crippen LogP contribution in [0.25, 0.3) is 0 Å². The number of rotatable bonds is 4. The molecule has 1 aromatic rings. The molecule has 0 aliphatic carbocycles. The van der Waals surface area contributed by atoms with Crippen LogP contribution in [0.4, 0.5) is 5.69 Å². The third-order valence-corrected chi connectivity index (χ3v) is 5.60. The standard InChI is InChI=1S/C13H22N2O2S/c1-6-15(7-2)18(16,17)13-10(4)8-9(3)12(14)11(13)5/h8H,6-7,14H2,1-5H3. The minimum absolute atomic E-state index is 0.356. The molecule has 0 spiro atoms. The molecule has 2 N–H and O–H groups in total. The minimum atomic E-state index is -3.45. The van der Waals surface area contributed by atoms with Gasteiger partial charge < -0.3 is 5.73 Å². The number of nitrogens with zero attached hydrogens (tertiary/aromatic N) is 1. The molecule has 102 valence electrons. The Morgan fingerprint density at radius 3 is 2.06 bits per heavy atom. The van der Waals surface area contributed by atoms with E-state index in [4.69, 9.17) is 5.73 Å². The second kappa shape index (κ2) is 5.28. The van der Waals surface area contributed by atoms with Gasteiger partial charge in [-0.15, -0.1) is 0 Å². The van der Waals surface area contributed by atoms with Gasteiger partial charge >= 0.3 is 0 Å². The Morgan fingerprint density at radius 1 is 1.11 bits per heavy atom. The monoisotopic (exact) mass is 270 g/mol. The average Bonchev–Trinajstić information content (AvgIpc) is 2.26. The minimum Gasteiger partial charge on any atom is -0.398 e. The fourth-order valence-corrected chi connectivity index (χ4v) is 4.17. The van der Waals surface area contributed by atoms with Crippen molar-refractivity contribution in [3.63, 3.8) is 0 Å². The number of nitrogens with two attached hydrogens (primary N) is 1. The number of hydrogen-bond acceptors (Lipinski definition) is 3. The number of anilines is 1. The lowest BCUT2D eigenvalue weighted by atomic mass is 10.1. The Kier molecular flexibility index (Phi) is 4.40. The van der Waals surface area contributed by atoms with Crippen LogP contribution >= 0.6 is 0 Å². The molecule has 0 amide bonds. The first-order valence-electron chi connectivity index (χ1n) is 6.13. The lowest BCUT2D eigenvalue weighted by molar-refractivity contribution is 0.444. The summed E-state index contributed by atoms with van der Waals surface area (Å²) in [4.78, 5) is 0.356. The Balaban J connectivity index is 3.56. The summed E-state index contributed by atoms with van der Waals surface area (Å²) in [5.74, 6) is 0. The highest BCUT2D eigenvalue weighted by Gasteiger charge is 2.26. The molecule has 0 aliphatic heterocycles. The first-order valence-corrected chi connectivity index (χ1v) is 7.57. The van der Waals surface area contributed by atoms with Gasteiger partial charge in [-0.2, -0.15) is 4.31 Å². The highest BCUT2D eigenvalue weighted by atomic mass is 32.2. The summed E-state index contributed by atoms with van der Waals surface area (Å²) in [6.45, 7) is 10.1. The van der Waals surface area contributed by atoms with Gasteiger partial charge in [-0.05, 0) is 37.5 Å². The van der Waals surface area contributed by atoms with Crippen molar-refractivity contribution in [1.29, 1.82) is 0 Å². The van der Waals surface area contributed by atoms with Crippen LogP contribution in [0.15, 0.2) is 11.0 Å². The van der Waals surface area contributed by atoms with Crippen molar-refractivity contribution in [2.75, 3.05) is 18.8 Å². The van der Waals surface area contributed by atoms with Crippen LogP contribution in [-0.2, 0) is 10.0 Å². The van der Waals surface area contributed by atoms with E-state index >= 15 is 0 Å². The number of nitrogen functional groups attached to an aromatic ring is 1. The molecule has 0 saturated heterocycles. The largest absolute Gasteiger partial charge is 0.398 e. The normalized spacial score (nSPS) is 12.1. The van der Waals surface area contributed by atoms with E-state index in [1.54, 1.807) is 6.92 Å². The predicted octanol–water partition coefficient (Wildman–Crippen LogP) is 2.22. The zero-order valence-electron chi connectivity index (χ0n) is 11.7. The summed E-state index contributed by atoms with van der Waals surface area (Å²) >= 11 is 0. The topological polar surface area (TPSA) is 63.4 Å². The highest BCUT2D eigenvalue weighted by Crippen LogP contribution is 2.30. The molecule has 0 heterocycles. The van der Waals surface area contributed by atoms with Gasteiger partial charge in [0.1, 0.15) is 0 Å². The van der Waals surface area contributed by atoms with Crippen molar-refractivity contribution in [1.82, 2.24) is 4.31 Å². The molecule has 0 radical (unpaired) electrons. The summed E-state index contributed by atoms with van der Waals surface area (Å²) in [6, 6.07) is 1.83. The Morgan fingerprint density at radius 2 is 1.61 bits per heavy atom. The van der Waals surface area contributed by atoms with E-state index in [1.165, 1.54) is 4.31 Å². The average molecular weight is 270 g/mol. The van der Waals surface area contributed by atoms with E-state index in [1.807, 2.05) is 33.8 Å². The summed E-state index contributed by atoms with van der Waals surface area (Å²) in [5.41, 5.74) is 8.84. The van der Waals surface area contributed by atoms with Crippen LogP contribution in [-0.4, -0.2) is 25.8 Å². The third-order valence-electron chi connectivity index (χ3n) is 3.26. The van der Waals surface area contributed by atoms with Gasteiger partial charge in [-0.1, -0.05) is 19.9 Å². The van der Waals surface area contributed by atoms with Crippen molar-refractivity contribution < 1.29 is 8.42 Å². The van der Waals surface area contributed by atoms with E-state index in [-0.39, 0.29) is 0 Å². The maximum atomic E-state index is 12.6. The summed E-state index contributed by atoms with van der Waals surface area (Å²) in [5, 5.41) is 0. The molecule has 0 saturated carbocycles. The number of aryl methyl sites for hydroxylation is 2. The quantitative estimate of drug-likeness (QED) is 0.853. The maximum Gasteiger partial charge on any atom is 0.243 e. The first kappa shape index (κ1) is 15.0. The van der Waals surface area contributed by atoms with Crippen LogP contribution in [0.2, 0.25) is 0 Å². The SMILES string of the molecule is CCN(CC)S(=O)(=O)c1c(C)cc(C)c(N)c1C. The Labute approximate surface area is 110 Å². The zero-order valence-corrected chi connectivity index (χ0v) is 12.6. The molecular formula is C13H22N2O2S. The van der Waals surface area contributed by atoms with Gasteiger partial charge in [0.25, 0.3) is 0 Å². The van der Waals surface area contributed by atoms with Gasteiger partial charge in [0, 0.05) is 18.8 Å². The first-order chi connectivity index (χ1) is 8.27. The molecule has 4 nitrogen and oxygen atoms in total. The van der Waals surface area contributed by atoms with Gasteiger partial charge in [-0.3, -0.25) is 0 Å². The molecule has 1 aromatic carbocycles. The lowest BCUT2D eigenvalue weighted by Crippen LogP contribution is -2.31. The molecule has 5 heteroatoms. The highest BCUT2D eigenvalue weighted by molar-refractivity contribution is 7.89. The van der Waals surface area contributed by atoms with Crippen molar-refractivity contribution in [3.05, 3.63) is 22.8 Å². The van der Waals surface area contributed by atoms with Gasteiger partial charge in [0.2, 0.25) is 10.0 Å². The molecule has 1 rings (SSSR count). The van der Waals surface area contributed by atoms with E-state index in [2.05, 4.69) is 0 Å². The van der Waals surface area contributed by atoms with Crippen molar-refractivity contribution >= 4 is 15.7 Å². The number of benzene rings is 1. The predicted molar refractivity (Wildman–Crippen MR) is 75.2 cm³/mol. The van der Waals surface area contributed by atoms with Crippen LogP contribution in [0.3, 0.4) is 0 Å². The third kappa shape index (κ3) is 2.37. The van der Waals surface area contributed by atoms with Crippen LogP contribution in [0.5, 0.6) is 0 Å². The second-order valence-corrected chi connectivity index (χ2v) is 6.34. The molecule has 0 bridgehead atoms. The van der Waals surface area contributed by atoms with Crippen LogP contribution in [0, 0.1) is 20.8 Å². The fourth-order valence-electron chi connectivity index (χ4n) is 2.27. The van der Waals surface area contributed by atoms with E-state index in [0.717, 1.165) is 11.1 Å². The maximum absolute atomic E-state index is 12.6. The van der Waals surface area contributed by atoms with Gasteiger partial charge in [0.15, 0.2) is 0 Å².